The Morgan fingerprint density at radius 1 is 0.783 bits per heavy atom. The summed E-state index contributed by atoms with van der Waals surface area (Å²) in [6.45, 7) is 1.01. The molecule has 1 aliphatic rings. The molecule has 116 valence electrons. The van der Waals surface area contributed by atoms with E-state index in [1.807, 2.05) is 30.3 Å². The van der Waals surface area contributed by atoms with Gasteiger partial charge >= 0.3 is 0 Å². The van der Waals surface area contributed by atoms with E-state index in [9.17, 15) is 9.59 Å². The highest BCUT2D eigenvalue weighted by molar-refractivity contribution is 6.21. The maximum atomic E-state index is 12.2. The molecule has 5 heteroatoms. The standard InChI is InChI=1S/C18H17N3O2/c22-17-15-10-4-5-11-16(15)18(23)21(17)13-7-6-12-19-20-14-8-2-1-3-9-14/h1-5,8-11H,6-7,12-13H2. The molecule has 0 saturated heterocycles. The van der Waals surface area contributed by atoms with Gasteiger partial charge < -0.3 is 0 Å². The Morgan fingerprint density at radius 2 is 1.39 bits per heavy atom. The van der Waals surface area contributed by atoms with Gasteiger partial charge in [0.25, 0.3) is 11.8 Å². The monoisotopic (exact) mass is 307 g/mol. The van der Waals surface area contributed by atoms with Crippen LogP contribution in [-0.2, 0) is 0 Å². The summed E-state index contributed by atoms with van der Waals surface area (Å²) in [7, 11) is 0. The van der Waals surface area contributed by atoms with E-state index in [2.05, 4.69) is 10.2 Å². The summed E-state index contributed by atoms with van der Waals surface area (Å²) in [5.74, 6) is -0.395. The van der Waals surface area contributed by atoms with Crippen molar-refractivity contribution in [2.75, 3.05) is 13.1 Å². The van der Waals surface area contributed by atoms with Gasteiger partial charge in [-0.3, -0.25) is 14.5 Å². The zero-order valence-electron chi connectivity index (χ0n) is 12.7. The Hall–Kier alpha value is -2.82. The van der Waals surface area contributed by atoms with Crippen molar-refractivity contribution in [2.45, 2.75) is 12.8 Å². The van der Waals surface area contributed by atoms with Gasteiger partial charge in [0.2, 0.25) is 0 Å². The summed E-state index contributed by atoms with van der Waals surface area (Å²) in [4.78, 5) is 25.7. The van der Waals surface area contributed by atoms with Crippen LogP contribution in [0.25, 0.3) is 0 Å². The zero-order valence-corrected chi connectivity index (χ0v) is 12.7. The van der Waals surface area contributed by atoms with Gasteiger partial charge in [-0.1, -0.05) is 30.3 Å². The Labute approximate surface area is 134 Å². The van der Waals surface area contributed by atoms with Crippen LogP contribution >= 0.6 is 0 Å². The fourth-order valence-corrected chi connectivity index (χ4v) is 2.52. The molecule has 2 aromatic carbocycles. The van der Waals surface area contributed by atoms with Gasteiger partial charge in [-0.25, -0.2) is 0 Å². The highest BCUT2D eigenvalue weighted by Gasteiger charge is 2.34. The summed E-state index contributed by atoms with van der Waals surface area (Å²) in [5, 5.41) is 8.24. The van der Waals surface area contributed by atoms with Crippen LogP contribution in [0.1, 0.15) is 33.6 Å². The lowest BCUT2D eigenvalue weighted by molar-refractivity contribution is 0.0652. The van der Waals surface area contributed by atoms with E-state index in [1.54, 1.807) is 24.3 Å². The van der Waals surface area contributed by atoms with E-state index in [1.165, 1.54) is 4.90 Å². The number of benzene rings is 2. The van der Waals surface area contributed by atoms with Crippen LogP contribution in [0.15, 0.2) is 64.8 Å². The smallest absolute Gasteiger partial charge is 0.261 e. The maximum absolute atomic E-state index is 12.2. The van der Waals surface area contributed by atoms with Crippen LogP contribution in [0.5, 0.6) is 0 Å². The number of carbonyl (C=O) groups excluding carboxylic acids is 2. The highest BCUT2D eigenvalue weighted by atomic mass is 16.2. The summed E-state index contributed by atoms with van der Waals surface area (Å²) < 4.78 is 0. The average Bonchev–Trinajstić information content (AvgIpc) is 2.84. The predicted octanol–water partition coefficient (Wildman–Crippen LogP) is 3.85. The van der Waals surface area contributed by atoms with Gasteiger partial charge in [0.05, 0.1) is 23.4 Å². The van der Waals surface area contributed by atoms with E-state index in [0.717, 1.165) is 18.5 Å². The van der Waals surface area contributed by atoms with Crippen molar-refractivity contribution in [3.05, 3.63) is 65.7 Å². The Morgan fingerprint density at radius 3 is 2.04 bits per heavy atom. The first-order valence-corrected chi connectivity index (χ1v) is 7.65. The first-order valence-electron chi connectivity index (χ1n) is 7.65. The van der Waals surface area contributed by atoms with Crippen molar-refractivity contribution in [3.63, 3.8) is 0 Å². The molecule has 0 fully saturated rings. The molecule has 0 atom stereocenters. The van der Waals surface area contributed by atoms with Crippen molar-refractivity contribution in [1.29, 1.82) is 0 Å². The molecule has 2 aromatic rings. The van der Waals surface area contributed by atoms with Crippen molar-refractivity contribution >= 4 is 17.5 Å². The molecule has 0 aliphatic carbocycles. The summed E-state index contributed by atoms with van der Waals surface area (Å²) >= 11 is 0. The lowest BCUT2D eigenvalue weighted by Gasteiger charge is -2.12. The number of hydrogen-bond donors (Lipinski definition) is 0. The molecule has 23 heavy (non-hydrogen) atoms. The van der Waals surface area contributed by atoms with Gasteiger partial charge in [-0.15, -0.1) is 0 Å². The fourth-order valence-electron chi connectivity index (χ4n) is 2.52. The molecular formula is C18H17N3O2. The molecule has 0 bridgehead atoms. The van der Waals surface area contributed by atoms with E-state index in [-0.39, 0.29) is 11.8 Å². The van der Waals surface area contributed by atoms with Gasteiger partial charge in [-0.05, 0) is 37.1 Å². The molecule has 3 rings (SSSR count). The van der Waals surface area contributed by atoms with Crippen LogP contribution in [0.3, 0.4) is 0 Å². The van der Waals surface area contributed by atoms with Gasteiger partial charge in [0, 0.05) is 6.54 Å². The predicted molar refractivity (Wildman–Crippen MR) is 86.9 cm³/mol. The van der Waals surface area contributed by atoms with E-state index < -0.39 is 0 Å². The molecule has 0 aromatic heterocycles. The highest BCUT2D eigenvalue weighted by Crippen LogP contribution is 2.22. The second kappa shape index (κ2) is 6.96. The van der Waals surface area contributed by atoms with Crippen molar-refractivity contribution in [3.8, 4) is 0 Å². The van der Waals surface area contributed by atoms with Crippen LogP contribution in [0, 0.1) is 0 Å². The van der Waals surface area contributed by atoms with Crippen LogP contribution in [-0.4, -0.2) is 29.8 Å². The number of imide groups is 1. The molecular weight excluding hydrogens is 290 g/mol. The lowest BCUT2D eigenvalue weighted by Crippen LogP contribution is -2.30. The first kappa shape index (κ1) is 15.1. The second-order valence-corrected chi connectivity index (χ2v) is 5.32. The average molecular weight is 307 g/mol. The number of rotatable bonds is 6. The van der Waals surface area contributed by atoms with Gasteiger partial charge in [0.15, 0.2) is 0 Å². The maximum Gasteiger partial charge on any atom is 0.261 e. The number of hydrogen-bond acceptors (Lipinski definition) is 4. The fraction of sp³-hybridized carbons (Fsp3) is 0.222. The quantitative estimate of drug-likeness (QED) is 0.462. The molecule has 1 aliphatic heterocycles. The topological polar surface area (TPSA) is 62.1 Å². The van der Waals surface area contributed by atoms with Gasteiger partial charge in [-0.2, -0.15) is 10.2 Å². The van der Waals surface area contributed by atoms with Crippen LogP contribution in [0.2, 0.25) is 0 Å². The van der Waals surface area contributed by atoms with Crippen molar-refractivity contribution in [1.82, 2.24) is 4.90 Å². The van der Waals surface area contributed by atoms with Crippen LogP contribution in [0.4, 0.5) is 5.69 Å². The number of fused-ring (bicyclic) bond motifs is 1. The zero-order chi connectivity index (χ0) is 16.1. The molecule has 2 amide bonds. The number of nitrogens with zero attached hydrogens (tertiary/aromatic N) is 3. The Bertz CT molecular complexity index is 706. The minimum Gasteiger partial charge on any atom is -0.274 e. The third-order valence-electron chi connectivity index (χ3n) is 3.71. The Kier molecular flexibility index (Phi) is 4.57. The minimum absolute atomic E-state index is 0.198. The van der Waals surface area contributed by atoms with E-state index in [4.69, 9.17) is 0 Å². The molecule has 1 heterocycles. The molecule has 0 radical (unpaired) electrons. The third-order valence-corrected chi connectivity index (χ3v) is 3.71. The second-order valence-electron chi connectivity index (χ2n) is 5.32. The Balaban J connectivity index is 1.46. The number of carbonyl (C=O) groups is 2. The SMILES string of the molecule is O=C1c2ccccc2C(=O)N1CCCCN=Nc1ccccc1. The van der Waals surface area contributed by atoms with E-state index >= 15 is 0 Å². The minimum atomic E-state index is -0.198. The summed E-state index contributed by atoms with van der Waals surface area (Å²) in [6.07, 6.45) is 1.50. The lowest BCUT2D eigenvalue weighted by atomic mass is 10.1. The molecule has 0 saturated carbocycles. The largest absolute Gasteiger partial charge is 0.274 e. The van der Waals surface area contributed by atoms with Crippen LogP contribution < -0.4 is 0 Å². The number of amides is 2. The normalized spacial score (nSPS) is 13.8. The summed E-state index contributed by atoms with van der Waals surface area (Å²) in [6, 6.07) is 16.5. The van der Waals surface area contributed by atoms with Gasteiger partial charge in [0.1, 0.15) is 0 Å². The molecule has 0 spiro atoms. The molecule has 5 nitrogen and oxygen atoms in total. The molecule has 0 unspecified atom stereocenters. The number of unbranched alkanes of at least 4 members (excludes halogenated alkanes) is 1. The molecule has 0 N–H and O–H groups in total. The third kappa shape index (κ3) is 3.34. The van der Waals surface area contributed by atoms with Crippen molar-refractivity contribution in [2.24, 2.45) is 10.2 Å². The van der Waals surface area contributed by atoms with E-state index in [0.29, 0.717) is 24.2 Å². The number of azo groups is 1. The summed E-state index contributed by atoms with van der Waals surface area (Å²) in [5.41, 5.74) is 1.83. The van der Waals surface area contributed by atoms with Crippen molar-refractivity contribution < 1.29 is 9.59 Å². The first-order chi connectivity index (χ1) is 11.3.